The van der Waals surface area contributed by atoms with E-state index in [4.69, 9.17) is 9.47 Å². The Morgan fingerprint density at radius 1 is 1.23 bits per heavy atom. The minimum Gasteiger partial charge on any atom is -0.465 e. The number of ether oxygens (including phenoxy) is 2. The monoisotopic (exact) mass is 463 g/mol. The highest BCUT2D eigenvalue weighted by Crippen LogP contribution is 2.44. The molecule has 0 radical (unpaired) electrons. The largest absolute Gasteiger partial charge is 0.465 e. The van der Waals surface area contributed by atoms with Gasteiger partial charge in [-0.1, -0.05) is 0 Å². The van der Waals surface area contributed by atoms with Crippen LogP contribution < -0.4 is 10.1 Å². The number of carbonyl (C=O) groups is 4. The number of carbonyl (C=O) groups excluding carboxylic acids is 4. The molecule has 1 saturated heterocycles. The Balaban J connectivity index is 1.95. The Labute approximate surface area is 187 Å². The highest BCUT2D eigenvalue weighted by atomic mass is 32.2. The number of hydrogen-bond donors (Lipinski definition) is 1. The molecule has 1 aliphatic heterocycles. The summed E-state index contributed by atoms with van der Waals surface area (Å²) in [6.07, 6.45) is 1.65. The molecule has 2 heterocycles. The van der Waals surface area contributed by atoms with Gasteiger partial charge in [-0.05, 0) is 25.1 Å². The summed E-state index contributed by atoms with van der Waals surface area (Å²) in [4.78, 5) is 55.6. The number of hydrogen-bond acceptors (Lipinski definition) is 9. The molecule has 0 saturated carbocycles. The topological polar surface area (TPSA) is 115 Å². The lowest BCUT2D eigenvalue weighted by atomic mass is 10.0. The summed E-state index contributed by atoms with van der Waals surface area (Å²) in [6, 6.07) is 3.71. The summed E-state index contributed by atoms with van der Waals surface area (Å²) in [7, 11) is 1.25. The first-order chi connectivity index (χ1) is 14.7. The quantitative estimate of drug-likeness (QED) is 0.532. The van der Waals surface area contributed by atoms with Gasteiger partial charge in [0.25, 0.3) is 0 Å². The molecular formula is C20H21N3O6S2. The number of amides is 2. The van der Waals surface area contributed by atoms with E-state index in [0.29, 0.717) is 16.4 Å². The molecule has 1 aromatic heterocycles. The van der Waals surface area contributed by atoms with E-state index in [9.17, 15) is 19.2 Å². The van der Waals surface area contributed by atoms with Crippen molar-refractivity contribution in [2.45, 2.75) is 32.2 Å². The number of aromatic nitrogens is 1. The van der Waals surface area contributed by atoms with Crippen molar-refractivity contribution in [3.63, 3.8) is 0 Å². The maximum Gasteiger partial charge on any atom is 0.338 e. The molecule has 1 aliphatic rings. The molecule has 164 valence electrons. The second-order valence-electron chi connectivity index (χ2n) is 6.73. The summed E-state index contributed by atoms with van der Waals surface area (Å²) in [5.41, 5.74) is 0.643. The summed E-state index contributed by atoms with van der Waals surface area (Å²) >= 11 is 2.67. The molecule has 2 aromatic rings. The van der Waals surface area contributed by atoms with Crippen LogP contribution in [-0.4, -0.2) is 52.5 Å². The van der Waals surface area contributed by atoms with E-state index in [2.05, 4.69) is 10.3 Å². The number of thiazole rings is 1. The van der Waals surface area contributed by atoms with Gasteiger partial charge in [-0.25, -0.2) is 9.78 Å². The predicted molar refractivity (Wildman–Crippen MR) is 116 cm³/mol. The van der Waals surface area contributed by atoms with Gasteiger partial charge in [-0.3, -0.25) is 14.4 Å². The number of esters is 2. The summed E-state index contributed by atoms with van der Waals surface area (Å²) < 4.78 is 10.0. The van der Waals surface area contributed by atoms with Crippen molar-refractivity contribution < 1.29 is 28.7 Å². The molecule has 2 atom stereocenters. The van der Waals surface area contributed by atoms with Crippen LogP contribution in [0, 0.1) is 6.92 Å². The minimum absolute atomic E-state index is 0.221. The molecule has 3 rings (SSSR count). The number of aryl methyl sites for hydroxylation is 1. The number of thioether (sulfide) groups is 1. The molecule has 1 aromatic carbocycles. The summed E-state index contributed by atoms with van der Waals surface area (Å²) in [5.74, 6) is -1.27. The van der Waals surface area contributed by atoms with Crippen LogP contribution in [0.2, 0.25) is 0 Å². The fraction of sp³-hybridized carbons (Fsp3) is 0.350. The van der Waals surface area contributed by atoms with Crippen molar-refractivity contribution in [2.75, 3.05) is 18.2 Å². The molecule has 9 nitrogen and oxygen atoms in total. The molecule has 31 heavy (non-hydrogen) atoms. The van der Waals surface area contributed by atoms with Crippen molar-refractivity contribution in [1.29, 1.82) is 0 Å². The lowest BCUT2D eigenvalue weighted by Crippen LogP contribution is -2.44. The van der Waals surface area contributed by atoms with E-state index < -0.39 is 23.4 Å². The van der Waals surface area contributed by atoms with Crippen LogP contribution in [-0.2, 0) is 19.1 Å². The van der Waals surface area contributed by atoms with Gasteiger partial charge in [-0.15, -0.1) is 23.1 Å². The standard InChI is InChI=1S/C20H21N3O6S2/c1-10-8-21-20(31-10)22-17(26)16-9-30-18(23(16)11(2)24)15-7-13(29-12(3)25)5-6-14(15)19(27)28-4/h5-8,16,18H,9H2,1-4H3,(H,21,22,26). The third-order valence-corrected chi connectivity index (χ3v) is 6.61. The van der Waals surface area contributed by atoms with Crippen LogP contribution in [0.4, 0.5) is 5.13 Å². The number of methoxy groups -OCH3 is 1. The van der Waals surface area contributed by atoms with E-state index >= 15 is 0 Å². The Hall–Kier alpha value is -2.92. The van der Waals surface area contributed by atoms with Gasteiger partial charge in [0.2, 0.25) is 11.8 Å². The van der Waals surface area contributed by atoms with E-state index in [1.54, 1.807) is 6.20 Å². The van der Waals surface area contributed by atoms with Gasteiger partial charge in [-0.2, -0.15) is 0 Å². The van der Waals surface area contributed by atoms with Crippen LogP contribution in [0.15, 0.2) is 24.4 Å². The Morgan fingerprint density at radius 3 is 2.55 bits per heavy atom. The summed E-state index contributed by atoms with van der Waals surface area (Å²) in [6.45, 7) is 4.50. The first kappa shape index (κ1) is 22.8. The molecular weight excluding hydrogens is 442 g/mol. The number of benzene rings is 1. The molecule has 2 amide bonds. The van der Waals surface area contributed by atoms with Crippen LogP contribution in [0.25, 0.3) is 0 Å². The minimum atomic E-state index is -0.764. The van der Waals surface area contributed by atoms with Crippen LogP contribution in [0.5, 0.6) is 5.75 Å². The fourth-order valence-corrected chi connectivity index (χ4v) is 5.38. The Kier molecular flexibility index (Phi) is 6.96. The highest BCUT2D eigenvalue weighted by Gasteiger charge is 2.42. The highest BCUT2D eigenvalue weighted by molar-refractivity contribution is 7.99. The molecule has 11 heteroatoms. The van der Waals surface area contributed by atoms with Gasteiger partial charge in [0, 0.05) is 36.2 Å². The molecule has 0 aliphatic carbocycles. The van der Waals surface area contributed by atoms with Gasteiger partial charge in [0.05, 0.1) is 12.7 Å². The Morgan fingerprint density at radius 2 is 1.97 bits per heavy atom. The van der Waals surface area contributed by atoms with Crippen LogP contribution in [0.1, 0.15) is 40.0 Å². The van der Waals surface area contributed by atoms with Crippen molar-refractivity contribution in [3.05, 3.63) is 40.4 Å². The second kappa shape index (κ2) is 9.48. The zero-order chi connectivity index (χ0) is 22.7. The predicted octanol–water partition coefficient (Wildman–Crippen LogP) is 2.76. The zero-order valence-corrected chi connectivity index (χ0v) is 19.0. The third-order valence-electron chi connectivity index (χ3n) is 4.47. The first-order valence-corrected chi connectivity index (χ1v) is 11.1. The van der Waals surface area contributed by atoms with Crippen molar-refractivity contribution in [2.24, 2.45) is 0 Å². The molecule has 0 spiro atoms. The average Bonchev–Trinajstić information content (AvgIpc) is 3.33. The lowest BCUT2D eigenvalue weighted by molar-refractivity contribution is -0.136. The second-order valence-corrected chi connectivity index (χ2v) is 9.08. The van der Waals surface area contributed by atoms with E-state index in [-0.39, 0.29) is 23.1 Å². The maximum absolute atomic E-state index is 12.9. The van der Waals surface area contributed by atoms with Crippen LogP contribution >= 0.6 is 23.1 Å². The van der Waals surface area contributed by atoms with E-state index in [0.717, 1.165) is 4.88 Å². The summed E-state index contributed by atoms with van der Waals surface area (Å²) in [5, 5.41) is 2.56. The molecule has 0 bridgehead atoms. The maximum atomic E-state index is 12.9. The van der Waals surface area contributed by atoms with Crippen molar-refractivity contribution in [1.82, 2.24) is 9.88 Å². The van der Waals surface area contributed by atoms with Crippen molar-refractivity contribution in [3.8, 4) is 5.75 Å². The van der Waals surface area contributed by atoms with E-state index in [1.165, 1.54) is 67.2 Å². The average molecular weight is 464 g/mol. The Bertz CT molecular complexity index is 1040. The third kappa shape index (κ3) is 5.05. The van der Waals surface area contributed by atoms with Gasteiger partial charge < -0.3 is 19.7 Å². The number of nitrogens with zero attached hydrogens (tertiary/aromatic N) is 2. The molecule has 2 unspecified atom stereocenters. The molecule has 1 N–H and O–H groups in total. The number of anilines is 1. The lowest BCUT2D eigenvalue weighted by Gasteiger charge is -2.28. The van der Waals surface area contributed by atoms with E-state index in [1.807, 2.05) is 6.92 Å². The van der Waals surface area contributed by atoms with Gasteiger partial charge >= 0.3 is 11.9 Å². The van der Waals surface area contributed by atoms with Crippen LogP contribution in [0.3, 0.4) is 0 Å². The SMILES string of the molecule is COC(=O)c1ccc(OC(C)=O)cc1C1SCC(C(=O)Nc2ncc(C)s2)N1C(C)=O. The van der Waals surface area contributed by atoms with Gasteiger partial charge in [0.1, 0.15) is 17.2 Å². The smallest absolute Gasteiger partial charge is 0.338 e. The first-order valence-electron chi connectivity index (χ1n) is 9.25. The molecule has 1 fully saturated rings. The normalized spacial score (nSPS) is 17.9. The fourth-order valence-electron chi connectivity index (χ4n) is 3.20. The number of rotatable bonds is 5. The number of nitrogens with one attached hydrogen (secondary N) is 1. The van der Waals surface area contributed by atoms with Crippen molar-refractivity contribution >= 4 is 52.0 Å². The van der Waals surface area contributed by atoms with Gasteiger partial charge in [0.15, 0.2) is 5.13 Å². The zero-order valence-electron chi connectivity index (χ0n) is 17.3.